The number of aromatic nitrogens is 3. The minimum atomic E-state index is -0.962. The zero-order valence-electron chi connectivity index (χ0n) is 17.4. The first kappa shape index (κ1) is 20.2. The van der Waals surface area contributed by atoms with Crippen LogP contribution >= 0.6 is 11.6 Å². The van der Waals surface area contributed by atoms with Crippen LogP contribution in [0, 0.1) is 6.92 Å². The normalized spacial score (nSPS) is 15.0. The molecule has 5 rings (SSSR count). The molecular formula is C24H19ClN4O3. The summed E-state index contributed by atoms with van der Waals surface area (Å²) in [7, 11) is 1.87. The minimum absolute atomic E-state index is 0.206. The summed E-state index contributed by atoms with van der Waals surface area (Å²) in [4.78, 5) is 16.5. The Kier molecular flexibility index (Phi) is 4.90. The van der Waals surface area contributed by atoms with Crippen LogP contribution in [-0.2, 0) is 11.8 Å². The zero-order chi connectivity index (χ0) is 22.4. The molecule has 3 heterocycles. The average molecular weight is 447 g/mol. The van der Waals surface area contributed by atoms with Crippen molar-refractivity contribution in [1.29, 1.82) is 0 Å². The standard InChI is InChI=1S/C24H19ClN4O3/c1-13-22-18-8-5-15(16-11-26-29(2)12-16)9-19(18)23(14-3-6-17(25)7-4-14)27-20(10-21(30)31)24(22)32-28-13/h3-9,11-12,20H,10H2,1-2H3,(H,30,31). The molecule has 160 valence electrons. The number of nitrogens with zero attached hydrogens (tertiary/aromatic N) is 4. The van der Waals surface area contributed by atoms with E-state index in [1.165, 1.54) is 0 Å². The highest BCUT2D eigenvalue weighted by atomic mass is 35.5. The number of aliphatic carboxylic acids is 1. The minimum Gasteiger partial charge on any atom is -0.481 e. The number of fused-ring (bicyclic) bond motifs is 3. The monoisotopic (exact) mass is 446 g/mol. The fourth-order valence-electron chi connectivity index (χ4n) is 4.08. The second-order valence-corrected chi connectivity index (χ2v) is 8.20. The highest BCUT2D eigenvalue weighted by Crippen LogP contribution is 2.42. The fraction of sp³-hybridized carbons (Fsp3) is 0.167. The summed E-state index contributed by atoms with van der Waals surface area (Å²) >= 11 is 6.11. The molecule has 2 aromatic carbocycles. The average Bonchev–Trinajstić information content (AvgIpc) is 3.33. The zero-order valence-corrected chi connectivity index (χ0v) is 18.2. The Morgan fingerprint density at radius 3 is 2.56 bits per heavy atom. The summed E-state index contributed by atoms with van der Waals surface area (Å²) in [5.74, 6) is -0.500. The van der Waals surface area contributed by atoms with E-state index in [9.17, 15) is 9.90 Å². The summed E-state index contributed by atoms with van der Waals surface area (Å²) in [6.45, 7) is 1.85. The molecule has 1 atom stereocenters. The molecule has 0 radical (unpaired) electrons. The summed E-state index contributed by atoms with van der Waals surface area (Å²) in [6, 6.07) is 12.7. The Labute approximate surface area is 189 Å². The summed E-state index contributed by atoms with van der Waals surface area (Å²) in [5, 5.41) is 18.5. The Morgan fingerprint density at radius 1 is 1.12 bits per heavy atom. The Morgan fingerprint density at radius 2 is 1.88 bits per heavy atom. The number of rotatable bonds is 4. The summed E-state index contributed by atoms with van der Waals surface area (Å²) in [5.41, 5.74) is 6.71. The highest BCUT2D eigenvalue weighted by Gasteiger charge is 2.31. The molecule has 0 saturated heterocycles. The second kappa shape index (κ2) is 7.76. The fourth-order valence-corrected chi connectivity index (χ4v) is 4.20. The van der Waals surface area contributed by atoms with Gasteiger partial charge < -0.3 is 9.63 Å². The molecule has 1 N–H and O–H groups in total. The van der Waals surface area contributed by atoms with Crippen molar-refractivity contribution in [2.75, 3.05) is 0 Å². The van der Waals surface area contributed by atoms with Crippen molar-refractivity contribution >= 4 is 23.3 Å². The van der Waals surface area contributed by atoms with Gasteiger partial charge in [0.2, 0.25) is 0 Å². The van der Waals surface area contributed by atoms with Gasteiger partial charge in [-0.3, -0.25) is 14.5 Å². The first-order valence-electron chi connectivity index (χ1n) is 10.1. The van der Waals surface area contributed by atoms with Crippen LogP contribution in [0.25, 0.3) is 22.3 Å². The molecule has 0 amide bonds. The SMILES string of the molecule is Cc1noc2c1-c1ccc(-c3cnn(C)c3)cc1C(c1ccc(Cl)cc1)=NC2CC(=O)O. The van der Waals surface area contributed by atoms with Gasteiger partial charge >= 0.3 is 5.97 Å². The van der Waals surface area contributed by atoms with E-state index >= 15 is 0 Å². The number of carboxylic acid groups (broad SMARTS) is 1. The van der Waals surface area contributed by atoms with Crippen molar-refractivity contribution in [3.8, 4) is 22.3 Å². The number of hydrogen-bond acceptors (Lipinski definition) is 5. The second-order valence-electron chi connectivity index (χ2n) is 7.77. The smallest absolute Gasteiger partial charge is 0.306 e. The molecule has 7 nitrogen and oxygen atoms in total. The molecular weight excluding hydrogens is 428 g/mol. The van der Waals surface area contributed by atoms with Crippen LogP contribution in [0.4, 0.5) is 0 Å². The molecule has 0 bridgehead atoms. The van der Waals surface area contributed by atoms with Crippen molar-refractivity contribution in [1.82, 2.24) is 14.9 Å². The summed E-state index contributed by atoms with van der Waals surface area (Å²) < 4.78 is 7.35. The van der Waals surface area contributed by atoms with Crippen LogP contribution in [0.5, 0.6) is 0 Å². The maximum absolute atomic E-state index is 11.6. The van der Waals surface area contributed by atoms with Gasteiger partial charge in [-0.2, -0.15) is 5.10 Å². The molecule has 0 aliphatic carbocycles. The Hall–Kier alpha value is -3.71. The lowest BCUT2D eigenvalue weighted by Gasteiger charge is -2.13. The lowest BCUT2D eigenvalue weighted by atomic mass is 9.90. The number of carbonyl (C=O) groups is 1. The molecule has 32 heavy (non-hydrogen) atoms. The van der Waals surface area contributed by atoms with Crippen LogP contribution in [0.1, 0.15) is 35.0 Å². The molecule has 1 aliphatic rings. The lowest BCUT2D eigenvalue weighted by molar-refractivity contribution is -0.137. The van der Waals surface area contributed by atoms with Crippen molar-refractivity contribution in [2.24, 2.45) is 12.0 Å². The van der Waals surface area contributed by atoms with Gasteiger partial charge in [-0.25, -0.2) is 0 Å². The van der Waals surface area contributed by atoms with Gasteiger partial charge in [-0.05, 0) is 36.2 Å². The van der Waals surface area contributed by atoms with Gasteiger partial charge in [-0.15, -0.1) is 0 Å². The van der Waals surface area contributed by atoms with Gasteiger partial charge in [0.15, 0.2) is 5.76 Å². The molecule has 1 aliphatic heterocycles. The largest absolute Gasteiger partial charge is 0.481 e. The van der Waals surface area contributed by atoms with E-state index in [0.717, 1.165) is 33.4 Å². The van der Waals surface area contributed by atoms with Crippen molar-refractivity contribution < 1.29 is 14.4 Å². The molecule has 0 saturated carbocycles. The van der Waals surface area contributed by atoms with Crippen LogP contribution < -0.4 is 0 Å². The third-order valence-electron chi connectivity index (χ3n) is 5.54. The van der Waals surface area contributed by atoms with Crippen LogP contribution in [0.3, 0.4) is 0 Å². The molecule has 2 aromatic heterocycles. The number of benzene rings is 2. The predicted molar refractivity (Wildman–Crippen MR) is 121 cm³/mol. The maximum atomic E-state index is 11.6. The van der Waals surface area contributed by atoms with E-state index in [4.69, 9.17) is 21.1 Å². The lowest BCUT2D eigenvalue weighted by Crippen LogP contribution is -2.08. The van der Waals surface area contributed by atoms with Gasteiger partial charge in [0.25, 0.3) is 0 Å². The Balaban J connectivity index is 1.79. The van der Waals surface area contributed by atoms with E-state index in [1.807, 2.05) is 44.4 Å². The van der Waals surface area contributed by atoms with E-state index in [2.05, 4.69) is 16.3 Å². The quantitative estimate of drug-likeness (QED) is 0.472. The third kappa shape index (κ3) is 3.50. The number of halogens is 1. The van der Waals surface area contributed by atoms with E-state index in [-0.39, 0.29) is 6.42 Å². The number of aliphatic imine (C=N–C) groups is 1. The number of aryl methyl sites for hydroxylation is 2. The van der Waals surface area contributed by atoms with Crippen LogP contribution in [-0.4, -0.2) is 31.7 Å². The van der Waals surface area contributed by atoms with E-state index < -0.39 is 12.0 Å². The topological polar surface area (TPSA) is 93.5 Å². The predicted octanol–water partition coefficient (Wildman–Crippen LogP) is 5.07. The summed E-state index contributed by atoms with van der Waals surface area (Å²) in [6.07, 6.45) is 3.55. The molecule has 0 spiro atoms. The van der Waals surface area contributed by atoms with Crippen molar-refractivity contribution in [2.45, 2.75) is 19.4 Å². The van der Waals surface area contributed by atoms with E-state index in [1.54, 1.807) is 23.0 Å². The van der Waals surface area contributed by atoms with Gasteiger partial charge in [-0.1, -0.05) is 41.0 Å². The van der Waals surface area contributed by atoms with Gasteiger partial charge in [0.1, 0.15) is 6.04 Å². The molecule has 1 unspecified atom stereocenters. The van der Waals surface area contributed by atoms with Crippen LogP contribution in [0.15, 0.2) is 64.4 Å². The maximum Gasteiger partial charge on any atom is 0.306 e. The van der Waals surface area contributed by atoms with Crippen molar-refractivity contribution in [3.05, 3.63) is 82.5 Å². The number of carboxylic acids is 1. The third-order valence-corrected chi connectivity index (χ3v) is 5.80. The highest BCUT2D eigenvalue weighted by molar-refractivity contribution is 6.30. The molecule has 0 fully saturated rings. The first-order valence-corrected chi connectivity index (χ1v) is 10.4. The van der Waals surface area contributed by atoms with Gasteiger partial charge in [0.05, 0.1) is 29.6 Å². The van der Waals surface area contributed by atoms with E-state index in [0.29, 0.717) is 22.2 Å². The van der Waals surface area contributed by atoms with Crippen molar-refractivity contribution in [3.63, 3.8) is 0 Å². The molecule has 8 heteroatoms. The number of hydrogen-bond donors (Lipinski definition) is 1. The van der Waals surface area contributed by atoms with Crippen LogP contribution in [0.2, 0.25) is 5.02 Å². The van der Waals surface area contributed by atoms with Gasteiger partial charge in [0, 0.05) is 35.0 Å². The molecule has 4 aromatic rings. The first-order chi connectivity index (χ1) is 15.4. The Bertz CT molecular complexity index is 1370.